The zero-order chi connectivity index (χ0) is 16.5. The number of hydrogen-bond donors (Lipinski definition) is 1. The Morgan fingerprint density at radius 3 is 2.50 bits per heavy atom. The summed E-state index contributed by atoms with van der Waals surface area (Å²) in [7, 11) is -5.40. The largest absolute Gasteiger partial charge is 0.511 e. The van der Waals surface area contributed by atoms with E-state index in [1.807, 2.05) is 0 Å². The molecule has 0 spiro atoms. The fourth-order valence-corrected chi connectivity index (χ4v) is 3.50. The monoisotopic (exact) mass is 341 g/mol. The summed E-state index contributed by atoms with van der Waals surface area (Å²) in [4.78, 5) is 11.8. The van der Waals surface area contributed by atoms with E-state index in [1.165, 1.54) is 11.6 Å². The number of alkyl halides is 3. The van der Waals surface area contributed by atoms with Gasteiger partial charge in [-0.1, -0.05) is 6.08 Å². The SMILES string of the molecule is C/C(=C\CNS(=O)(=O)C(F)(F)F)C(=O)OC1CC2CCC1C2. The van der Waals surface area contributed by atoms with Gasteiger partial charge < -0.3 is 4.74 Å². The van der Waals surface area contributed by atoms with Crippen molar-refractivity contribution in [3.63, 3.8) is 0 Å². The van der Waals surface area contributed by atoms with Gasteiger partial charge in [-0.3, -0.25) is 0 Å². The highest BCUT2D eigenvalue weighted by Crippen LogP contribution is 2.46. The summed E-state index contributed by atoms with van der Waals surface area (Å²) < 4.78 is 64.6. The van der Waals surface area contributed by atoms with E-state index >= 15 is 0 Å². The molecule has 0 aromatic heterocycles. The molecule has 2 fully saturated rings. The zero-order valence-corrected chi connectivity index (χ0v) is 12.8. The molecular formula is C13H18F3NO4S. The van der Waals surface area contributed by atoms with E-state index in [-0.39, 0.29) is 11.7 Å². The van der Waals surface area contributed by atoms with Crippen molar-refractivity contribution in [3.8, 4) is 0 Å². The predicted molar refractivity (Wildman–Crippen MR) is 72.1 cm³/mol. The molecule has 9 heteroatoms. The highest BCUT2D eigenvalue weighted by atomic mass is 32.2. The van der Waals surface area contributed by atoms with Crippen LogP contribution in [0.1, 0.15) is 32.6 Å². The number of sulfonamides is 1. The molecule has 0 amide bonds. The fraction of sp³-hybridized carbons (Fsp3) is 0.769. The third-order valence-corrected chi connectivity index (χ3v) is 5.40. The Kier molecular flexibility index (Phi) is 4.86. The molecule has 126 valence electrons. The van der Waals surface area contributed by atoms with Crippen molar-refractivity contribution in [3.05, 3.63) is 11.6 Å². The van der Waals surface area contributed by atoms with Crippen LogP contribution in [0.4, 0.5) is 13.2 Å². The van der Waals surface area contributed by atoms with Crippen molar-refractivity contribution in [1.29, 1.82) is 0 Å². The van der Waals surface area contributed by atoms with Gasteiger partial charge in [0.2, 0.25) is 0 Å². The number of ether oxygens (including phenoxy) is 1. The fourth-order valence-electron chi connectivity index (χ4n) is 3.03. The smallest absolute Gasteiger partial charge is 0.459 e. The minimum Gasteiger partial charge on any atom is -0.459 e. The number of fused-ring (bicyclic) bond motifs is 2. The Bertz CT molecular complexity index is 570. The van der Waals surface area contributed by atoms with Gasteiger partial charge in [-0.05, 0) is 44.4 Å². The molecule has 2 saturated carbocycles. The number of halogens is 3. The number of hydrogen-bond acceptors (Lipinski definition) is 4. The van der Waals surface area contributed by atoms with Gasteiger partial charge >= 0.3 is 21.5 Å². The van der Waals surface area contributed by atoms with Crippen LogP contribution in [0.5, 0.6) is 0 Å². The van der Waals surface area contributed by atoms with E-state index in [2.05, 4.69) is 0 Å². The maximum absolute atomic E-state index is 12.1. The maximum Gasteiger partial charge on any atom is 0.511 e. The normalized spacial score (nSPS) is 28.9. The lowest BCUT2D eigenvalue weighted by Gasteiger charge is -2.22. The Morgan fingerprint density at radius 2 is 2.00 bits per heavy atom. The van der Waals surface area contributed by atoms with Crippen LogP contribution >= 0.6 is 0 Å². The molecule has 0 saturated heterocycles. The van der Waals surface area contributed by atoms with Crippen LogP contribution in [-0.2, 0) is 19.6 Å². The molecule has 5 nitrogen and oxygen atoms in total. The number of rotatable bonds is 5. The van der Waals surface area contributed by atoms with E-state index in [0.717, 1.165) is 31.8 Å². The Balaban J connectivity index is 1.83. The second kappa shape index (κ2) is 6.19. The van der Waals surface area contributed by atoms with Crippen molar-refractivity contribution in [1.82, 2.24) is 4.72 Å². The molecule has 0 radical (unpaired) electrons. The van der Waals surface area contributed by atoms with Gasteiger partial charge in [0.05, 0.1) is 0 Å². The lowest BCUT2D eigenvalue weighted by molar-refractivity contribution is -0.146. The number of nitrogens with one attached hydrogen (secondary N) is 1. The van der Waals surface area contributed by atoms with E-state index in [4.69, 9.17) is 4.74 Å². The van der Waals surface area contributed by atoms with Crippen molar-refractivity contribution in [2.45, 2.75) is 44.2 Å². The summed E-state index contributed by atoms with van der Waals surface area (Å²) in [5.41, 5.74) is -5.27. The van der Waals surface area contributed by atoms with Gasteiger partial charge in [-0.25, -0.2) is 17.9 Å². The van der Waals surface area contributed by atoms with E-state index < -0.39 is 28.0 Å². The maximum atomic E-state index is 12.1. The van der Waals surface area contributed by atoms with Crippen molar-refractivity contribution in [2.24, 2.45) is 11.8 Å². The van der Waals surface area contributed by atoms with Gasteiger partial charge in [0.25, 0.3) is 0 Å². The van der Waals surface area contributed by atoms with Crippen LogP contribution in [-0.4, -0.2) is 32.5 Å². The van der Waals surface area contributed by atoms with Crippen LogP contribution in [0.3, 0.4) is 0 Å². The highest BCUT2D eigenvalue weighted by molar-refractivity contribution is 7.90. The third kappa shape index (κ3) is 3.81. The first-order valence-electron chi connectivity index (χ1n) is 7.04. The second-order valence-electron chi connectivity index (χ2n) is 5.80. The molecule has 2 rings (SSSR count). The third-order valence-electron chi connectivity index (χ3n) is 4.24. The first-order valence-corrected chi connectivity index (χ1v) is 8.52. The van der Waals surface area contributed by atoms with Crippen LogP contribution < -0.4 is 4.72 Å². The molecule has 0 aromatic carbocycles. The van der Waals surface area contributed by atoms with E-state index in [9.17, 15) is 26.4 Å². The topological polar surface area (TPSA) is 72.5 Å². The molecular weight excluding hydrogens is 323 g/mol. The van der Waals surface area contributed by atoms with Crippen LogP contribution in [0.25, 0.3) is 0 Å². The molecule has 1 N–H and O–H groups in total. The Labute approximate surface area is 126 Å². The van der Waals surface area contributed by atoms with Gasteiger partial charge in [0.1, 0.15) is 6.10 Å². The lowest BCUT2D eigenvalue weighted by Crippen LogP contribution is -2.36. The first-order chi connectivity index (χ1) is 10.1. The minimum atomic E-state index is -5.40. The van der Waals surface area contributed by atoms with Gasteiger partial charge in [0.15, 0.2) is 0 Å². The van der Waals surface area contributed by atoms with Crippen LogP contribution in [0.2, 0.25) is 0 Å². The molecule has 2 aliphatic carbocycles. The molecule has 0 aromatic rings. The molecule has 0 aliphatic heterocycles. The van der Waals surface area contributed by atoms with Gasteiger partial charge in [0, 0.05) is 12.1 Å². The van der Waals surface area contributed by atoms with E-state index in [1.54, 1.807) is 0 Å². The summed E-state index contributed by atoms with van der Waals surface area (Å²) in [6.07, 6.45) is 5.06. The number of esters is 1. The van der Waals surface area contributed by atoms with Crippen LogP contribution in [0.15, 0.2) is 11.6 Å². The molecule has 22 heavy (non-hydrogen) atoms. The van der Waals surface area contributed by atoms with Crippen LogP contribution in [0, 0.1) is 11.8 Å². The van der Waals surface area contributed by atoms with Crippen molar-refractivity contribution < 1.29 is 31.1 Å². The van der Waals surface area contributed by atoms with Gasteiger partial charge in [-0.2, -0.15) is 13.2 Å². The predicted octanol–water partition coefficient (Wildman–Crippen LogP) is 2.10. The molecule has 2 aliphatic rings. The average Bonchev–Trinajstić information content (AvgIpc) is 2.99. The lowest BCUT2D eigenvalue weighted by atomic mass is 9.98. The van der Waals surface area contributed by atoms with Crippen molar-refractivity contribution in [2.75, 3.05) is 6.54 Å². The number of carbonyl (C=O) groups excluding carboxylic acids is 1. The first kappa shape index (κ1) is 17.3. The minimum absolute atomic E-state index is 0.0904. The Hall–Kier alpha value is -1.09. The molecule has 3 unspecified atom stereocenters. The molecule has 2 bridgehead atoms. The number of carbonyl (C=O) groups is 1. The average molecular weight is 341 g/mol. The standard InChI is InChI=1S/C13H18F3NO4S/c1-8(4-5-17-22(19,20)13(14,15)16)12(18)21-11-7-9-2-3-10(11)6-9/h4,9-11,17H,2-3,5-7H2,1H3/b8-4+. The molecule has 3 atom stereocenters. The quantitative estimate of drug-likeness (QED) is 0.614. The zero-order valence-electron chi connectivity index (χ0n) is 12.0. The van der Waals surface area contributed by atoms with Crippen molar-refractivity contribution >= 4 is 16.0 Å². The summed E-state index contributed by atoms with van der Waals surface area (Å²) in [5, 5.41) is 0. The summed E-state index contributed by atoms with van der Waals surface area (Å²) in [6, 6.07) is 0. The second-order valence-corrected chi connectivity index (χ2v) is 7.56. The summed E-state index contributed by atoms with van der Waals surface area (Å²) in [5.74, 6) is 0.375. The molecule has 0 heterocycles. The summed E-state index contributed by atoms with van der Waals surface area (Å²) in [6.45, 7) is 0.775. The van der Waals surface area contributed by atoms with E-state index in [0.29, 0.717) is 11.8 Å². The summed E-state index contributed by atoms with van der Waals surface area (Å²) >= 11 is 0. The Morgan fingerprint density at radius 1 is 1.32 bits per heavy atom. The van der Waals surface area contributed by atoms with Gasteiger partial charge in [-0.15, -0.1) is 0 Å². The highest BCUT2D eigenvalue weighted by Gasteiger charge is 2.45.